The van der Waals surface area contributed by atoms with E-state index in [4.69, 9.17) is 0 Å². The highest BCUT2D eigenvalue weighted by molar-refractivity contribution is 7.89. The average molecular weight is 415 g/mol. The first-order chi connectivity index (χ1) is 14.0. The van der Waals surface area contributed by atoms with Crippen LogP contribution in [0.3, 0.4) is 0 Å². The number of nitrogens with zero attached hydrogens (tertiary/aromatic N) is 2. The van der Waals surface area contributed by atoms with Crippen molar-refractivity contribution in [3.63, 3.8) is 0 Å². The number of fused-ring (bicyclic) bond motifs is 1. The second-order valence-electron chi connectivity index (χ2n) is 7.87. The Morgan fingerprint density at radius 1 is 0.931 bits per heavy atom. The van der Waals surface area contributed by atoms with Crippen molar-refractivity contribution in [1.29, 1.82) is 0 Å². The molecule has 29 heavy (non-hydrogen) atoms. The molecule has 6 nitrogen and oxygen atoms in total. The standard InChI is InChI=1S/C22H27N3O3S/c1-18(24-12-11-19-7-5-6-8-20(19)17-24)22(26)23-13-15-25(16-14-23)29(27,28)21-9-3-2-4-10-21/h2-10,18H,11-17H2,1H3/p+1/t18-/m1/s1. The molecule has 0 saturated carbocycles. The highest BCUT2D eigenvalue weighted by Gasteiger charge is 2.35. The molecule has 0 radical (unpaired) electrons. The Bertz CT molecular complexity index is 970. The lowest BCUT2D eigenvalue weighted by molar-refractivity contribution is -0.930. The van der Waals surface area contributed by atoms with Gasteiger partial charge in [0.1, 0.15) is 6.54 Å². The fraction of sp³-hybridized carbons (Fsp3) is 0.409. The molecular weight excluding hydrogens is 386 g/mol. The van der Waals surface area contributed by atoms with Gasteiger partial charge in [0.25, 0.3) is 5.91 Å². The predicted octanol–water partition coefficient (Wildman–Crippen LogP) is 0.549. The van der Waals surface area contributed by atoms with E-state index in [1.807, 2.05) is 11.8 Å². The number of piperazine rings is 1. The Balaban J connectivity index is 1.37. The number of nitrogens with one attached hydrogen (secondary N) is 1. The number of carbonyl (C=O) groups excluding carboxylic acids is 1. The lowest BCUT2D eigenvalue weighted by atomic mass is 9.98. The fourth-order valence-electron chi connectivity index (χ4n) is 4.31. The maximum absolute atomic E-state index is 13.1. The molecule has 1 unspecified atom stereocenters. The van der Waals surface area contributed by atoms with E-state index in [2.05, 4.69) is 24.3 Å². The minimum atomic E-state index is -3.50. The van der Waals surface area contributed by atoms with Crippen molar-refractivity contribution in [2.75, 3.05) is 32.7 Å². The first-order valence-electron chi connectivity index (χ1n) is 10.2. The number of rotatable bonds is 4. The molecule has 2 aromatic rings. The van der Waals surface area contributed by atoms with Crippen LogP contribution < -0.4 is 4.90 Å². The average Bonchev–Trinajstić information content (AvgIpc) is 2.78. The Labute approximate surface area is 172 Å². The Morgan fingerprint density at radius 3 is 2.24 bits per heavy atom. The summed E-state index contributed by atoms with van der Waals surface area (Å²) in [4.78, 5) is 16.5. The summed E-state index contributed by atoms with van der Waals surface area (Å²) in [6.45, 7) is 5.39. The van der Waals surface area contributed by atoms with Gasteiger partial charge in [-0.15, -0.1) is 0 Å². The molecule has 0 bridgehead atoms. The third-order valence-corrected chi connectivity index (χ3v) is 8.08. The van der Waals surface area contributed by atoms with Crippen LogP contribution in [0, 0.1) is 0 Å². The van der Waals surface area contributed by atoms with Crippen molar-refractivity contribution in [2.45, 2.75) is 30.8 Å². The van der Waals surface area contributed by atoms with Crippen LogP contribution in [0.4, 0.5) is 0 Å². The summed E-state index contributed by atoms with van der Waals surface area (Å²) in [7, 11) is -3.50. The first kappa shape index (κ1) is 20.1. The van der Waals surface area contributed by atoms with E-state index in [0.717, 1.165) is 19.5 Å². The Morgan fingerprint density at radius 2 is 1.55 bits per heavy atom. The number of amides is 1. The number of sulfonamides is 1. The van der Waals surface area contributed by atoms with Gasteiger partial charge < -0.3 is 9.80 Å². The monoisotopic (exact) mass is 414 g/mol. The molecule has 4 rings (SSSR count). The van der Waals surface area contributed by atoms with Gasteiger partial charge in [0.15, 0.2) is 6.04 Å². The number of quaternary nitrogens is 1. The van der Waals surface area contributed by atoms with Gasteiger partial charge in [0, 0.05) is 38.2 Å². The molecule has 2 heterocycles. The second kappa shape index (κ2) is 8.26. The largest absolute Gasteiger partial charge is 0.335 e. The lowest BCUT2D eigenvalue weighted by Gasteiger charge is -2.37. The highest BCUT2D eigenvalue weighted by Crippen LogP contribution is 2.17. The summed E-state index contributed by atoms with van der Waals surface area (Å²) in [5.41, 5.74) is 2.71. The van der Waals surface area contributed by atoms with Crippen LogP contribution in [0.25, 0.3) is 0 Å². The van der Waals surface area contributed by atoms with Crippen molar-refractivity contribution in [2.24, 2.45) is 0 Å². The first-order valence-corrected chi connectivity index (χ1v) is 11.7. The molecule has 2 aliphatic rings. The zero-order valence-electron chi connectivity index (χ0n) is 16.8. The summed E-state index contributed by atoms with van der Waals surface area (Å²) in [5, 5.41) is 0. The Kier molecular flexibility index (Phi) is 5.72. The molecule has 0 aliphatic carbocycles. The van der Waals surface area contributed by atoms with E-state index < -0.39 is 10.0 Å². The highest BCUT2D eigenvalue weighted by atomic mass is 32.2. The third-order valence-electron chi connectivity index (χ3n) is 6.17. The summed E-state index contributed by atoms with van der Waals surface area (Å²) in [6.07, 6.45) is 0.992. The molecule has 7 heteroatoms. The van der Waals surface area contributed by atoms with Crippen LogP contribution in [0.15, 0.2) is 59.5 Å². The molecule has 0 aromatic heterocycles. The molecule has 1 fully saturated rings. The predicted molar refractivity (Wildman–Crippen MR) is 111 cm³/mol. The van der Waals surface area contributed by atoms with Gasteiger partial charge >= 0.3 is 0 Å². The quantitative estimate of drug-likeness (QED) is 0.795. The van der Waals surface area contributed by atoms with E-state index in [1.54, 1.807) is 30.3 Å². The van der Waals surface area contributed by atoms with E-state index >= 15 is 0 Å². The molecule has 1 saturated heterocycles. The van der Waals surface area contributed by atoms with Crippen molar-refractivity contribution in [3.8, 4) is 0 Å². The summed E-state index contributed by atoms with van der Waals surface area (Å²) < 4.78 is 27.0. The normalized spacial score (nSPS) is 21.4. The van der Waals surface area contributed by atoms with Crippen molar-refractivity contribution in [3.05, 3.63) is 65.7 Å². The Hall–Kier alpha value is -2.22. The smallest absolute Gasteiger partial charge is 0.280 e. The van der Waals surface area contributed by atoms with Crippen LogP contribution in [0.2, 0.25) is 0 Å². The van der Waals surface area contributed by atoms with Gasteiger partial charge in [0.2, 0.25) is 10.0 Å². The van der Waals surface area contributed by atoms with Crippen LogP contribution in [-0.2, 0) is 27.8 Å². The maximum atomic E-state index is 13.1. The van der Waals surface area contributed by atoms with Crippen molar-refractivity contribution >= 4 is 15.9 Å². The minimum absolute atomic E-state index is 0.121. The van der Waals surface area contributed by atoms with Gasteiger partial charge in [-0.3, -0.25) is 4.79 Å². The molecule has 154 valence electrons. The third kappa shape index (κ3) is 4.08. The molecule has 1 N–H and O–H groups in total. The van der Waals surface area contributed by atoms with Crippen molar-refractivity contribution < 1.29 is 18.1 Å². The van der Waals surface area contributed by atoms with E-state index in [-0.39, 0.29) is 11.9 Å². The minimum Gasteiger partial charge on any atom is -0.335 e. The van der Waals surface area contributed by atoms with Gasteiger partial charge in [-0.25, -0.2) is 8.42 Å². The van der Waals surface area contributed by atoms with Gasteiger partial charge in [-0.2, -0.15) is 4.31 Å². The second-order valence-corrected chi connectivity index (χ2v) is 9.81. The number of benzene rings is 2. The van der Waals surface area contributed by atoms with E-state index in [1.165, 1.54) is 20.3 Å². The fourth-order valence-corrected chi connectivity index (χ4v) is 5.75. The molecule has 2 aliphatic heterocycles. The zero-order chi connectivity index (χ0) is 20.4. The van der Waals surface area contributed by atoms with Crippen LogP contribution in [0.1, 0.15) is 18.1 Å². The van der Waals surface area contributed by atoms with Crippen LogP contribution in [-0.4, -0.2) is 62.3 Å². The summed E-state index contributed by atoms with van der Waals surface area (Å²) >= 11 is 0. The van der Waals surface area contributed by atoms with Crippen molar-refractivity contribution in [1.82, 2.24) is 9.21 Å². The van der Waals surface area contributed by atoms with Gasteiger partial charge in [-0.1, -0.05) is 42.5 Å². The topological polar surface area (TPSA) is 62.1 Å². The number of hydrogen-bond donors (Lipinski definition) is 1. The maximum Gasteiger partial charge on any atom is 0.280 e. The number of carbonyl (C=O) groups is 1. The molecule has 1 amide bonds. The summed E-state index contributed by atoms with van der Waals surface area (Å²) in [6, 6.07) is 16.8. The molecule has 0 spiro atoms. The molecular formula is C22H28N3O3S+. The van der Waals surface area contributed by atoms with Gasteiger partial charge in [-0.05, 0) is 24.6 Å². The van der Waals surface area contributed by atoms with Crippen LogP contribution >= 0.6 is 0 Å². The van der Waals surface area contributed by atoms with Crippen LogP contribution in [0.5, 0.6) is 0 Å². The van der Waals surface area contributed by atoms with E-state index in [9.17, 15) is 13.2 Å². The molecule has 2 aromatic carbocycles. The van der Waals surface area contributed by atoms with Gasteiger partial charge in [0.05, 0.1) is 11.4 Å². The van der Waals surface area contributed by atoms with E-state index in [0.29, 0.717) is 31.1 Å². The lowest BCUT2D eigenvalue weighted by Crippen LogP contribution is -3.16. The number of hydrogen-bond acceptors (Lipinski definition) is 3. The summed E-state index contributed by atoms with van der Waals surface area (Å²) in [5.74, 6) is 0.121. The SMILES string of the molecule is C[C@H](C(=O)N1CCN(S(=O)(=O)c2ccccc2)CC1)[NH+]1CCc2ccccc2C1. The zero-order valence-corrected chi connectivity index (χ0v) is 17.6. The molecule has 2 atom stereocenters.